The highest BCUT2D eigenvalue weighted by atomic mass is 15.3. The Morgan fingerprint density at radius 3 is 2.46 bits per heavy atom. The van der Waals surface area contributed by atoms with Crippen molar-refractivity contribution in [2.45, 2.75) is 44.3 Å². The van der Waals surface area contributed by atoms with Crippen LogP contribution in [0.2, 0.25) is 0 Å². The van der Waals surface area contributed by atoms with E-state index in [2.05, 4.69) is 84.3 Å². The van der Waals surface area contributed by atoms with Crippen LogP contribution in [-0.4, -0.2) is 66.6 Å². The van der Waals surface area contributed by atoms with Gasteiger partial charge in [-0.15, -0.1) is 10.2 Å². The molecule has 2 aromatic carbocycles. The van der Waals surface area contributed by atoms with Gasteiger partial charge in [0.05, 0.1) is 18.3 Å². The molecule has 3 heterocycles. The van der Waals surface area contributed by atoms with E-state index < -0.39 is 0 Å². The quantitative estimate of drug-likeness (QED) is 0.409. The molecule has 7 heteroatoms. The van der Waals surface area contributed by atoms with E-state index >= 15 is 0 Å². The van der Waals surface area contributed by atoms with E-state index in [1.54, 1.807) is 0 Å². The molecule has 0 spiro atoms. The molecule has 1 atom stereocenters. The minimum atomic E-state index is 0.0641. The Labute approximate surface area is 207 Å². The predicted octanol–water partition coefficient (Wildman–Crippen LogP) is 4.16. The van der Waals surface area contributed by atoms with Crippen LogP contribution in [0, 0.1) is 0 Å². The van der Waals surface area contributed by atoms with Crippen molar-refractivity contribution in [1.29, 1.82) is 0 Å². The average molecular weight is 468 g/mol. The summed E-state index contributed by atoms with van der Waals surface area (Å²) in [6.07, 6.45) is 11.0. The third-order valence-corrected chi connectivity index (χ3v) is 7.58. The summed E-state index contributed by atoms with van der Waals surface area (Å²) in [7, 11) is 0. The fraction of sp³-hybridized carbons (Fsp3) is 0.393. The molecule has 0 N–H and O–H groups in total. The molecular weight excluding hydrogens is 434 g/mol. The fourth-order valence-electron chi connectivity index (χ4n) is 5.46. The van der Waals surface area contributed by atoms with Crippen LogP contribution in [0.15, 0.2) is 79.4 Å². The first-order valence-electron chi connectivity index (χ1n) is 12.8. The van der Waals surface area contributed by atoms with Gasteiger partial charge in [0, 0.05) is 38.1 Å². The van der Waals surface area contributed by atoms with Crippen LogP contribution < -0.4 is 0 Å². The second-order valence-electron chi connectivity index (χ2n) is 9.76. The van der Waals surface area contributed by atoms with Crippen molar-refractivity contribution in [2.24, 2.45) is 0 Å². The number of hydrogen-bond acceptors (Lipinski definition) is 5. The Kier molecular flexibility index (Phi) is 6.43. The van der Waals surface area contributed by atoms with Crippen LogP contribution in [0.3, 0.4) is 0 Å². The predicted molar refractivity (Wildman–Crippen MR) is 136 cm³/mol. The molecule has 6 rings (SSSR count). The highest BCUT2D eigenvalue weighted by molar-refractivity contribution is 5.37. The first kappa shape index (κ1) is 22.2. The molecule has 2 aromatic heterocycles. The van der Waals surface area contributed by atoms with Crippen molar-refractivity contribution in [1.82, 2.24) is 34.3 Å². The third-order valence-electron chi connectivity index (χ3n) is 7.58. The van der Waals surface area contributed by atoms with Gasteiger partial charge in [0.2, 0.25) is 0 Å². The summed E-state index contributed by atoms with van der Waals surface area (Å²) in [6.45, 7) is 5.20. The monoisotopic (exact) mass is 467 g/mol. The second-order valence-corrected chi connectivity index (χ2v) is 9.76. The minimum absolute atomic E-state index is 0.0641. The Hall–Kier alpha value is -3.29. The van der Waals surface area contributed by atoms with Crippen molar-refractivity contribution in [2.75, 3.05) is 26.2 Å². The lowest BCUT2D eigenvalue weighted by molar-refractivity contribution is 0.127. The van der Waals surface area contributed by atoms with Gasteiger partial charge in [-0.2, -0.15) is 5.10 Å². The molecule has 1 aliphatic heterocycles. The molecule has 180 valence electrons. The standard InChI is InChI=1S/C28H33N7/c1-2-7-23(8-3-1)21-34-22-29-31-28(34)27(24-11-13-26(14-12-24)35-18-5-15-30-35)33-17-6-16-32(19-20-33)25-9-4-10-25/h1-3,5,7-8,11-15,18,22,25,27H,4,6,9-10,16-17,19-21H2. The van der Waals surface area contributed by atoms with Crippen LogP contribution in [-0.2, 0) is 6.54 Å². The number of rotatable bonds is 7. The van der Waals surface area contributed by atoms with Crippen molar-refractivity contribution in [3.8, 4) is 5.69 Å². The van der Waals surface area contributed by atoms with E-state index in [4.69, 9.17) is 0 Å². The molecule has 0 radical (unpaired) electrons. The highest BCUT2D eigenvalue weighted by Crippen LogP contribution is 2.31. The van der Waals surface area contributed by atoms with E-state index in [0.717, 1.165) is 43.7 Å². The summed E-state index contributed by atoms with van der Waals surface area (Å²) in [5, 5.41) is 13.4. The van der Waals surface area contributed by atoms with Gasteiger partial charge in [0.15, 0.2) is 5.82 Å². The summed E-state index contributed by atoms with van der Waals surface area (Å²) in [6, 6.07) is 22.2. The summed E-state index contributed by atoms with van der Waals surface area (Å²) in [4.78, 5) is 5.34. The lowest BCUT2D eigenvalue weighted by Gasteiger charge is -2.37. The maximum atomic E-state index is 4.69. The van der Waals surface area contributed by atoms with E-state index in [1.165, 1.54) is 43.4 Å². The third kappa shape index (κ3) is 4.79. The van der Waals surface area contributed by atoms with Gasteiger partial charge in [-0.05, 0) is 55.1 Å². The zero-order valence-corrected chi connectivity index (χ0v) is 20.2. The maximum Gasteiger partial charge on any atom is 0.155 e. The minimum Gasteiger partial charge on any atom is -0.311 e. The van der Waals surface area contributed by atoms with Gasteiger partial charge < -0.3 is 4.57 Å². The molecule has 2 aliphatic rings. The second kappa shape index (κ2) is 10.1. The van der Waals surface area contributed by atoms with Gasteiger partial charge in [-0.25, -0.2) is 4.68 Å². The molecule has 1 unspecified atom stereocenters. The van der Waals surface area contributed by atoms with Crippen LogP contribution in [0.5, 0.6) is 0 Å². The summed E-state index contributed by atoms with van der Waals surface area (Å²) >= 11 is 0. The molecule has 7 nitrogen and oxygen atoms in total. The Morgan fingerprint density at radius 1 is 0.857 bits per heavy atom. The first-order chi connectivity index (χ1) is 17.3. The number of hydrogen-bond donors (Lipinski definition) is 0. The first-order valence-corrected chi connectivity index (χ1v) is 12.8. The lowest BCUT2D eigenvalue weighted by atomic mass is 9.91. The maximum absolute atomic E-state index is 4.69. The van der Waals surface area contributed by atoms with Gasteiger partial charge in [0.1, 0.15) is 6.33 Å². The van der Waals surface area contributed by atoms with Crippen LogP contribution in [0.4, 0.5) is 0 Å². The molecule has 0 amide bonds. The average Bonchev–Trinajstić information content (AvgIpc) is 3.50. The van der Waals surface area contributed by atoms with E-state index in [9.17, 15) is 0 Å². The van der Waals surface area contributed by atoms with Gasteiger partial charge >= 0.3 is 0 Å². The topological polar surface area (TPSA) is 55.0 Å². The summed E-state index contributed by atoms with van der Waals surface area (Å²) < 4.78 is 4.12. The fourth-order valence-corrected chi connectivity index (χ4v) is 5.46. The van der Waals surface area contributed by atoms with Crippen LogP contribution in [0.25, 0.3) is 5.69 Å². The summed E-state index contributed by atoms with van der Waals surface area (Å²) in [5.41, 5.74) is 3.57. The molecule has 0 bridgehead atoms. The molecular formula is C28H33N7. The normalized spacial score (nSPS) is 18.7. The molecule has 2 fully saturated rings. The molecule has 4 aromatic rings. The van der Waals surface area contributed by atoms with Crippen molar-refractivity contribution in [3.05, 3.63) is 96.3 Å². The number of nitrogens with zero attached hydrogens (tertiary/aromatic N) is 7. The van der Waals surface area contributed by atoms with E-state index in [1.807, 2.05) is 29.5 Å². The van der Waals surface area contributed by atoms with Crippen LogP contribution >= 0.6 is 0 Å². The van der Waals surface area contributed by atoms with Crippen molar-refractivity contribution >= 4 is 0 Å². The lowest BCUT2D eigenvalue weighted by Crippen LogP contribution is -2.42. The van der Waals surface area contributed by atoms with Crippen LogP contribution in [0.1, 0.15) is 48.7 Å². The number of benzene rings is 2. The zero-order chi connectivity index (χ0) is 23.5. The number of aromatic nitrogens is 5. The van der Waals surface area contributed by atoms with Gasteiger partial charge in [0.25, 0.3) is 0 Å². The SMILES string of the molecule is c1ccc(Cn2cnnc2C(c2ccc(-n3cccn3)cc2)N2CCCN(C3CCC3)CC2)cc1. The molecule has 35 heavy (non-hydrogen) atoms. The Morgan fingerprint density at radius 2 is 1.71 bits per heavy atom. The largest absolute Gasteiger partial charge is 0.311 e. The Bertz CT molecular complexity index is 1200. The van der Waals surface area contributed by atoms with Gasteiger partial charge in [-0.3, -0.25) is 9.80 Å². The Balaban J connectivity index is 1.32. The molecule has 1 saturated carbocycles. The molecule has 1 saturated heterocycles. The molecule has 1 aliphatic carbocycles. The van der Waals surface area contributed by atoms with Crippen molar-refractivity contribution < 1.29 is 0 Å². The van der Waals surface area contributed by atoms with E-state index in [0.29, 0.717) is 0 Å². The smallest absolute Gasteiger partial charge is 0.155 e. The van der Waals surface area contributed by atoms with E-state index in [-0.39, 0.29) is 6.04 Å². The van der Waals surface area contributed by atoms with Gasteiger partial charge in [-0.1, -0.05) is 48.9 Å². The highest BCUT2D eigenvalue weighted by Gasteiger charge is 2.32. The van der Waals surface area contributed by atoms with Crippen molar-refractivity contribution in [3.63, 3.8) is 0 Å². The summed E-state index contributed by atoms with van der Waals surface area (Å²) in [5.74, 6) is 1.01. The zero-order valence-electron chi connectivity index (χ0n) is 20.2.